The number of hydrogen-bond donors (Lipinski definition) is 1. The highest BCUT2D eigenvalue weighted by atomic mass is 16.2. The highest BCUT2D eigenvalue weighted by Gasteiger charge is 2.46. The summed E-state index contributed by atoms with van der Waals surface area (Å²) >= 11 is 0. The lowest BCUT2D eigenvalue weighted by Crippen LogP contribution is -2.50. The number of guanidine groups is 1. The number of amides is 2. The number of anilines is 1. The number of carbonyl (C=O) groups excluding carboxylic acids is 2. The Kier molecular flexibility index (Phi) is 5.11. The van der Waals surface area contributed by atoms with Crippen molar-refractivity contribution in [2.45, 2.75) is 18.4 Å². The van der Waals surface area contributed by atoms with Gasteiger partial charge in [-0.05, 0) is 18.9 Å². The minimum absolute atomic E-state index is 0.0769. The molecule has 3 heterocycles. The van der Waals surface area contributed by atoms with Crippen LogP contribution in [0.15, 0.2) is 23.5 Å². The van der Waals surface area contributed by atoms with Crippen molar-refractivity contribution in [3.8, 4) is 0 Å². The van der Waals surface area contributed by atoms with Crippen LogP contribution in [0.2, 0.25) is 0 Å². The Labute approximate surface area is 158 Å². The van der Waals surface area contributed by atoms with Gasteiger partial charge in [0.25, 0.3) is 5.91 Å². The maximum atomic E-state index is 12.4. The van der Waals surface area contributed by atoms with Crippen LogP contribution >= 0.6 is 0 Å². The molecule has 0 aliphatic carbocycles. The van der Waals surface area contributed by atoms with E-state index >= 15 is 0 Å². The van der Waals surface area contributed by atoms with Crippen molar-refractivity contribution in [1.82, 2.24) is 25.1 Å². The number of piperidine rings is 1. The first-order valence-electron chi connectivity index (χ1n) is 8.86. The molecule has 1 aromatic rings. The highest BCUT2D eigenvalue weighted by Crippen LogP contribution is 2.30. The zero-order valence-corrected chi connectivity index (χ0v) is 16.1. The van der Waals surface area contributed by atoms with Crippen LogP contribution < -0.4 is 10.2 Å². The first kappa shape index (κ1) is 18.8. The Hall–Kier alpha value is -2.97. The van der Waals surface area contributed by atoms with Gasteiger partial charge in [-0.15, -0.1) is 0 Å². The fraction of sp³-hybridized carbons (Fsp3) is 0.500. The molecule has 2 amide bonds. The van der Waals surface area contributed by atoms with E-state index in [0.29, 0.717) is 37.8 Å². The van der Waals surface area contributed by atoms with Crippen LogP contribution in [0.4, 0.5) is 5.95 Å². The molecule has 1 N–H and O–H groups in total. The second-order valence-corrected chi connectivity index (χ2v) is 7.18. The maximum absolute atomic E-state index is 12.4. The van der Waals surface area contributed by atoms with Gasteiger partial charge in [0.1, 0.15) is 5.54 Å². The van der Waals surface area contributed by atoms with Crippen molar-refractivity contribution < 1.29 is 9.59 Å². The molecule has 1 aromatic heterocycles. The van der Waals surface area contributed by atoms with Crippen LogP contribution in [-0.2, 0) is 9.59 Å². The van der Waals surface area contributed by atoms with E-state index in [0.717, 1.165) is 5.56 Å². The molecule has 1 spiro atoms. The van der Waals surface area contributed by atoms with Crippen molar-refractivity contribution in [2.24, 2.45) is 4.99 Å². The molecular formula is C18H25N7O2. The Morgan fingerprint density at radius 3 is 2.30 bits per heavy atom. The maximum Gasteiger partial charge on any atom is 0.254 e. The van der Waals surface area contributed by atoms with Crippen molar-refractivity contribution in [3.63, 3.8) is 0 Å². The number of nitrogens with zero attached hydrogens (tertiary/aromatic N) is 6. The summed E-state index contributed by atoms with van der Waals surface area (Å²) in [7, 11) is 7.42. The highest BCUT2D eigenvalue weighted by molar-refractivity contribution is 6.07. The standard InChI is InChI=1S/C18H25N7O2/c1-23(2)16-19-11-13(12-20-16)5-6-14(26)25-9-7-18(8-10-25)15(27)21-17(22-18)24(3)4/h5-6,11-12H,7-10H2,1-4H3,(H,21,22,27). The number of hydrogen-bond acceptors (Lipinski definition) is 7. The van der Waals surface area contributed by atoms with Crippen LogP contribution in [0.3, 0.4) is 0 Å². The van der Waals surface area contributed by atoms with E-state index in [9.17, 15) is 9.59 Å². The van der Waals surface area contributed by atoms with Gasteiger partial charge in [0.15, 0.2) is 0 Å². The van der Waals surface area contributed by atoms with E-state index in [1.54, 1.807) is 28.3 Å². The molecule has 9 nitrogen and oxygen atoms in total. The number of aromatic nitrogens is 2. The third-order valence-corrected chi connectivity index (χ3v) is 4.77. The van der Waals surface area contributed by atoms with Crippen molar-refractivity contribution in [3.05, 3.63) is 24.0 Å². The molecule has 1 fully saturated rings. The van der Waals surface area contributed by atoms with Gasteiger partial charge in [0.2, 0.25) is 17.8 Å². The SMILES string of the molecule is CN(C)C1=NC2(CCN(C(=O)C=Cc3cnc(N(C)C)nc3)CC2)C(=O)N1. The van der Waals surface area contributed by atoms with Gasteiger partial charge in [-0.3, -0.25) is 14.9 Å². The second kappa shape index (κ2) is 7.34. The number of carbonyl (C=O) groups is 2. The largest absolute Gasteiger partial charge is 0.349 e. The molecular weight excluding hydrogens is 346 g/mol. The van der Waals surface area contributed by atoms with E-state index in [-0.39, 0.29) is 11.8 Å². The van der Waals surface area contributed by atoms with E-state index in [1.807, 2.05) is 33.1 Å². The Morgan fingerprint density at radius 2 is 1.78 bits per heavy atom. The lowest BCUT2D eigenvalue weighted by molar-refractivity contribution is -0.131. The van der Waals surface area contributed by atoms with Crippen molar-refractivity contribution in [2.75, 3.05) is 46.2 Å². The molecule has 0 radical (unpaired) electrons. The second-order valence-electron chi connectivity index (χ2n) is 7.18. The first-order chi connectivity index (χ1) is 12.8. The van der Waals surface area contributed by atoms with Crippen LogP contribution in [0, 0.1) is 0 Å². The molecule has 3 rings (SSSR count). The number of rotatable bonds is 3. The summed E-state index contributed by atoms with van der Waals surface area (Å²) in [6.45, 7) is 0.994. The summed E-state index contributed by atoms with van der Waals surface area (Å²) in [5, 5.41) is 2.82. The van der Waals surface area contributed by atoms with Crippen LogP contribution in [-0.4, -0.2) is 84.4 Å². The van der Waals surface area contributed by atoms with Gasteiger partial charge in [0, 0.05) is 65.3 Å². The summed E-state index contributed by atoms with van der Waals surface area (Å²) < 4.78 is 0. The van der Waals surface area contributed by atoms with E-state index in [4.69, 9.17) is 0 Å². The molecule has 0 aromatic carbocycles. The molecule has 9 heteroatoms. The quantitative estimate of drug-likeness (QED) is 0.750. The molecule has 1 saturated heterocycles. The van der Waals surface area contributed by atoms with Crippen LogP contribution in [0.5, 0.6) is 0 Å². The Morgan fingerprint density at radius 1 is 1.15 bits per heavy atom. The summed E-state index contributed by atoms with van der Waals surface area (Å²) in [6.07, 6.45) is 7.63. The number of aliphatic imine (C=N–C) groups is 1. The van der Waals surface area contributed by atoms with Gasteiger partial charge in [-0.2, -0.15) is 0 Å². The topological polar surface area (TPSA) is 94.0 Å². The van der Waals surface area contributed by atoms with Gasteiger partial charge in [-0.1, -0.05) is 0 Å². The molecule has 144 valence electrons. The fourth-order valence-electron chi connectivity index (χ4n) is 3.07. The van der Waals surface area contributed by atoms with E-state index < -0.39 is 5.54 Å². The molecule has 0 atom stereocenters. The first-order valence-corrected chi connectivity index (χ1v) is 8.86. The molecule has 0 unspecified atom stereocenters. The van der Waals surface area contributed by atoms with Gasteiger partial charge >= 0.3 is 0 Å². The monoisotopic (exact) mass is 371 g/mol. The van der Waals surface area contributed by atoms with Gasteiger partial charge in [0.05, 0.1) is 0 Å². The normalized spacial score (nSPS) is 18.6. The summed E-state index contributed by atoms with van der Waals surface area (Å²) in [5.41, 5.74) is 0.0217. The van der Waals surface area contributed by atoms with Crippen LogP contribution in [0.1, 0.15) is 18.4 Å². The molecule has 2 aliphatic heterocycles. The number of nitrogens with one attached hydrogen (secondary N) is 1. The average Bonchev–Trinajstić information content (AvgIpc) is 2.97. The summed E-state index contributed by atoms with van der Waals surface area (Å²) in [4.78, 5) is 43.2. The smallest absolute Gasteiger partial charge is 0.254 e. The molecule has 27 heavy (non-hydrogen) atoms. The number of likely N-dealkylation sites (tertiary alicyclic amines) is 1. The van der Waals surface area contributed by atoms with Gasteiger partial charge in [-0.25, -0.2) is 15.0 Å². The average molecular weight is 371 g/mol. The molecule has 2 aliphatic rings. The summed E-state index contributed by atoms with van der Waals surface area (Å²) in [5.74, 6) is 1.04. The lowest BCUT2D eigenvalue weighted by atomic mass is 9.88. The third-order valence-electron chi connectivity index (χ3n) is 4.77. The van der Waals surface area contributed by atoms with E-state index in [2.05, 4.69) is 20.3 Å². The zero-order valence-electron chi connectivity index (χ0n) is 16.1. The summed E-state index contributed by atoms with van der Waals surface area (Å²) in [6, 6.07) is 0. The predicted octanol–water partition coefficient (Wildman–Crippen LogP) is -0.0356. The Bertz CT molecular complexity index is 775. The third kappa shape index (κ3) is 3.91. The lowest BCUT2D eigenvalue weighted by Gasteiger charge is -2.34. The van der Waals surface area contributed by atoms with Gasteiger partial charge < -0.3 is 14.7 Å². The minimum atomic E-state index is -0.740. The fourth-order valence-corrected chi connectivity index (χ4v) is 3.07. The zero-order chi connectivity index (χ0) is 19.6. The van der Waals surface area contributed by atoms with E-state index in [1.165, 1.54) is 6.08 Å². The minimum Gasteiger partial charge on any atom is -0.349 e. The van der Waals surface area contributed by atoms with Crippen molar-refractivity contribution in [1.29, 1.82) is 0 Å². The van der Waals surface area contributed by atoms with Crippen molar-refractivity contribution >= 4 is 29.8 Å². The molecule has 0 saturated carbocycles. The predicted molar refractivity (Wildman–Crippen MR) is 103 cm³/mol. The Balaban J connectivity index is 1.59. The van der Waals surface area contributed by atoms with Crippen LogP contribution in [0.25, 0.3) is 6.08 Å². The molecule has 0 bridgehead atoms.